The number of likely N-dealkylation sites (tertiary alicyclic amines) is 1. The van der Waals surface area contributed by atoms with Crippen LogP contribution in [-0.4, -0.2) is 74.2 Å². The third-order valence-electron chi connectivity index (χ3n) is 7.48. The van der Waals surface area contributed by atoms with Crippen LogP contribution in [0.2, 0.25) is 0 Å². The van der Waals surface area contributed by atoms with Crippen molar-refractivity contribution < 1.29 is 28.9 Å². The number of hydrogen-bond acceptors (Lipinski definition) is 10. The van der Waals surface area contributed by atoms with E-state index >= 15 is 0 Å². The Morgan fingerprint density at radius 1 is 0.733 bits per heavy atom. The van der Waals surface area contributed by atoms with Crippen LogP contribution in [0.25, 0.3) is 0 Å². The van der Waals surface area contributed by atoms with Gasteiger partial charge in [0.2, 0.25) is 0 Å². The standard InChI is InChI=1S/C17H27N3O3.C16H25N3O3/c1-3-11-22-19-17(21)16-10-9-15(12-20(16)2)18-23-13-14-7-5-4-6-8-14;1-2-10-21-19-16(20)15-9-8-14(11-17-15)18-22-12-13-6-4-3-5-7-13/h4-8,15-16,18H,3,9-13H2,1-2H3,(H,19,21);3-7,14-15,17-18H,2,8-12H2,1H3,(H,19,20)/t15-,16+;14-,15+/m11/s1. The molecular formula is C33H52N6O6. The van der Waals surface area contributed by atoms with Crippen molar-refractivity contribution >= 4 is 11.8 Å². The molecule has 0 spiro atoms. The molecule has 45 heavy (non-hydrogen) atoms. The molecule has 0 saturated carbocycles. The fourth-order valence-electron chi connectivity index (χ4n) is 4.98. The van der Waals surface area contributed by atoms with Crippen molar-refractivity contribution in [3.63, 3.8) is 0 Å². The van der Waals surface area contributed by atoms with Crippen molar-refractivity contribution in [2.45, 2.75) is 89.8 Å². The van der Waals surface area contributed by atoms with Gasteiger partial charge in [0.05, 0.1) is 38.5 Å². The molecule has 2 aliphatic heterocycles. The van der Waals surface area contributed by atoms with Crippen LogP contribution in [0, 0.1) is 0 Å². The van der Waals surface area contributed by atoms with E-state index in [1.54, 1.807) is 0 Å². The molecule has 2 amide bonds. The van der Waals surface area contributed by atoms with Crippen LogP contribution in [0.3, 0.4) is 0 Å². The third-order valence-corrected chi connectivity index (χ3v) is 7.48. The number of hydroxylamine groups is 4. The second-order valence-corrected chi connectivity index (χ2v) is 11.4. The van der Waals surface area contributed by atoms with Crippen molar-refractivity contribution in [2.75, 3.05) is 33.4 Å². The lowest BCUT2D eigenvalue weighted by molar-refractivity contribution is -0.141. The molecule has 12 heteroatoms. The third kappa shape index (κ3) is 14.4. The number of piperidine rings is 2. The van der Waals surface area contributed by atoms with Gasteiger partial charge in [-0.2, -0.15) is 11.0 Å². The van der Waals surface area contributed by atoms with E-state index in [2.05, 4.69) is 27.2 Å². The van der Waals surface area contributed by atoms with Crippen molar-refractivity contribution in [1.29, 1.82) is 0 Å². The number of likely N-dealkylation sites (N-methyl/N-ethyl adjacent to an activating group) is 1. The quantitative estimate of drug-likeness (QED) is 0.140. The summed E-state index contributed by atoms with van der Waals surface area (Å²) in [6, 6.07) is 20.2. The zero-order chi connectivity index (χ0) is 32.1. The molecule has 0 aliphatic carbocycles. The predicted molar refractivity (Wildman–Crippen MR) is 172 cm³/mol. The van der Waals surface area contributed by atoms with Gasteiger partial charge < -0.3 is 5.32 Å². The molecule has 0 bridgehead atoms. The summed E-state index contributed by atoms with van der Waals surface area (Å²) < 4.78 is 0. The minimum Gasteiger partial charge on any atom is -0.304 e. The van der Waals surface area contributed by atoms with Crippen molar-refractivity contribution in [2.24, 2.45) is 0 Å². The predicted octanol–water partition coefficient (Wildman–Crippen LogP) is 2.91. The Balaban J connectivity index is 0.000000246. The fraction of sp³-hybridized carbons (Fsp3) is 0.576. The van der Waals surface area contributed by atoms with Crippen LogP contribution in [0.15, 0.2) is 60.7 Å². The van der Waals surface area contributed by atoms with Crippen LogP contribution in [0.1, 0.15) is 63.5 Å². The maximum Gasteiger partial charge on any atom is 0.260 e. The summed E-state index contributed by atoms with van der Waals surface area (Å²) in [6.45, 7) is 7.61. The molecular weight excluding hydrogens is 576 g/mol. The highest BCUT2D eigenvalue weighted by Gasteiger charge is 2.31. The average Bonchev–Trinajstić information content (AvgIpc) is 3.06. The maximum atomic E-state index is 12.1. The maximum absolute atomic E-state index is 12.1. The molecule has 12 nitrogen and oxygen atoms in total. The zero-order valence-corrected chi connectivity index (χ0v) is 27.0. The molecule has 4 atom stereocenters. The molecule has 4 rings (SSSR count). The summed E-state index contributed by atoms with van der Waals surface area (Å²) in [5.41, 5.74) is 13.4. The second-order valence-electron chi connectivity index (χ2n) is 11.4. The highest BCUT2D eigenvalue weighted by Crippen LogP contribution is 2.16. The Hall–Kier alpha value is -2.94. The minimum absolute atomic E-state index is 0.0652. The monoisotopic (exact) mass is 628 g/mol. The number of carbonyl (C=O) groups excluding carboxylic acids is 2. The number of rotatable bonds is 16. The molecule has 2 aromatic carbocycles. The van der Waals surface area contributed by atoms with Gasteiger partial charge in [0.15, 0.2) is 0 Å². The van der Waals surface area contributed by atoms with Crippen molar-refractivity contribution in [1.82, 2.24) is 32.1 Å². The second kappa shape index (κ2) is 21.7. The SMILES string of the molecule is CCCONC(=O)[C@@H]1CC[C@@H](NOCc2ccccc2)CN1.CCCONC(=O)[C@@H]1CC[C@@H](NOCc2ccccc2)CN1C. The largest absolute Gasteiger partial charge is 0.304 e. The normalized spacial score (nSPS) is 21.8. The Morgan fingerprint density at radius 2 is 1.27 bits per heavy atom. The van der Waals surface area contributed by atoms with Crippen LogP contribution >= 0.6 is 0 Å². The van der Waals surface area contributed by atoms with Crippen LogP contribution in [0.5, 0.6) is 0 Å². The van der Waals surface area contributed by atoms with E-state index in [1.807, 2.05) is 86.5 Å². The summed E-state index contributed by atoms with van der Waals surface area (Å²) in [7, 11) is 1.95. The van der Waals surface area contributed by atoms with E-state index in [9.17, 15) is 9.59 Å². The Labute approximate surface area is 267 Å². The molecule has 2 aromatic rings. The first-order chi connectivity index (χ1) is 22.0. The summed E-state index contributed by atoms with van der Waals surface area (Å²) >= 11 is 0. The number of nitrogens with zero attached hydrogens (tertiary/aromatic N) is 1. The lowest BCUT2D eigenvalue weighted by Crippen LogP contribution is -2.54. The smallest absolute Gasteiger partial charge is 0.260 e. The van der Waals surface area contributed by atoms with E-state index in [4.69, 9.17) is 19.4 Å². The van der Waals surface area contributed by atoms with Gasteiger partial charge >= 0.3 is 0 Å². The minimum atomic E-state index is -0.191. The highest BCUT2D eigenvalue weighted by molar-refractivity contribution is 5.81. The Bertz CT molecular complexity index is 1070. The number of amides is 2. The molecule has 5 N–H and O–H groups in total. The lowest BCUT2D eigenvalue weighted by atomic mass is 9.99. The van der Waals surface area contributed by atoms with Gasteiger partial charge in [-0.25, -0.2) is 11.0 Å². The van der Waals surface area contributed by atoms with Gasteiger partial charge in [-0.05, 0) is 56.7 Å². The van der Waals surface area contributed by atoms with E-state index in [-0.39, 0.29) is 36.0 Å². The molecule has 2 fully saturated rings. The van der Waals surface area contributed by atoms with Crippen molar-refractivity contribution in [3.05, 3.63) is 71.8 Å². The summed E-state index contributed by atoms with van der Waals surface area (Å²) in [4.78, 5) is 47.2. The highest BCUT2D eigenvalue weighted by atomic mass is 16.7. The summed E-state index contributed by atoms with van der Waals surface area (Å²) in [5, 5.41) is 3.21. The molecule has 2 saturated heterocycles. The first-order valence-electron chi connectivity index (χ1n) is 16.1. The average molecular weight is 629 g/mol. The number of hydrogen-bond donors (Lipinski definition) is 5. The molecule has 0 unspecified atom stereocenters. The lowest BCUT2D eigenvalue weighted by Gasteiger charge is -2.36. The Morgan fingerprint density at radius 3 is 1.78 bits per heavy atom. The fourth-order valence-corrected chi connectivity index (χ4v) is 4.98. The number of carbonyl (C=O) groups is 2. The van der Waals surface area contributed by atoms with E-state index < -0.39 is 0 Å². The number of benzene rings is 2. The molecule has 2 aliphatic rings. The van der Waals surface area contributed by atoms with E-state index in [0.29, 0.717) is 33.0 Å². The van der Waals surface area contributed by atoms with Crippen LogP contribution < -0.4 is 27.2 Å². The zero-order valence-electron chi connectivity index (χ0n) is 27.0. The molecule has 2 heterocycles. The van der Waals surface area contributed by atoms with Gasteiger partial charge in [-0.15, -0.1) is 0 Å². The van der Waals surface area contributed by atoms with E-state index in [0.717, 1.165) is 56.2 Å². The van der Waals surface area contributed by atoms with E-state index in [1.165, 1.54) is 0 Å². The first kappa shape index (κ1) is 36.5. The summed E-state index contributed by atoms with van der Waals surface area (Å²) in [6.07, 6.45) is 5.07. The van der Waals surface area contributed by atoms with Gasteiger partial charge in [-0.1, -0.05) is 74.5 Å². The first-order valence-corrected chi connectivity index (χ1v) is 16.1. The van der Waals surface area contributed by atoms with Gasteiger partial charge in [-0.3, -0.25) is 33.8 Å². The number of nitrogens with one attached hydrogen (secondary N) is 5. The van der Waals surface area contributed by atoms with Gasteiger partial charge in [0, 0.05) is 25.2 Å². The van der Waals surface area contributed by atoms with Crippen molar-refractivity contribution in [3.8, 4) is 0 Å². The topological polar surface area (TPSA) is 134 Å². The molecule has 0 aromatic heterocycles. The van der Waals surface area contributed by atoms with Crippen LogP contribution in [0.4, 0.5) is 0 Å². The Kier molecular flexibility index (Phi) is 17.6. The van der Waals surface area contributed by atoms with Crippen LogP contribution in [-0.2, 0) is 42.2 Å². The molecule has 0 radical (unpaired) electrons. The van der Waals surface area contributed by atoms with Gasteiger partial charge in [0.25, 0.3) is 11.8 Å². The summed E-state index contributed by atoms with van der Waals surface area (Å²) in [5.74, 6) is -0.165. The molecule has 250 valence electrons. The van der Waals surface area contributed by atoms with Gasteiger partial charge in [0.1, 0.15) is 0 Å².